The van der Waals surface area contributed by atoms with Gasteiger partial charge in [0.15, 0.2) is 13.9 Å². The fourth-order valence-electron chi connectivity index (χ4n) is 2.05. The molecule has 8 heteroatoms. The number of ether oxygens (including phenoxy) is 1. The van der Waals surface area contributed by atoms with Gasteiger partial charge in [0, 0.05) is 25.9 Å². The second-order valence-corrected chi connectivity index (χ2v) is 12.6. The predicted octanol–water partition coefficient (Wildman–Crippen LogP) is 1.17. The fourth-order valence-corrected chi connectivity index (χ4v) is 3.59. The first-order valence-corrected chi connectivity index (χ1v) is 12.0. The third-order valence-corrected chi connectivity index (χ3v) is 5.57. The third-order valence-electron chi connectivity index (χ3n) is 3.20. The molecule has 0 bridgehead atoms. The molecule has 1 saturated heterocycles. The molecule has 116 valence electrons. The van der Waals surface area contributed by atoms with Gasteiger partial charge in [-0.3, -0.25) is 0 Å². The predicted molar refractivity (Wildman–Crippen MR) is 79.2 cm³/mol. The standard InChI is InChI=1S/C12H24N2O4SSi/c1-19(15,16)14-7-5-12(11-13,6-8-14)17-9-10-18-20(2,3)4/h5-10H2,1-4H3. The second kappa shape index (κ2) is 6.53. The maximum absolute atomic E-state index is 11.4. The second-order valence-electron chi connectivity index (χ2n) is 6.08. The average Bonchev–Trinajstić information content (AvgIpc) is 2.33. The Hall–Kier alpha value is -0.463. The molecule has 0 saturated carbocycles. The molecule has 1 aliphatic rings. The Kier molecular flexibility index (Phi) is 5.75. The van der Waals surface area contributed by atoms with E-state index in [1.54, 1.807) is 0 Å². The number of piperidine rings is 1. The van der Waals surface area contributed by atoms with Crippen LogP contribution in [0.5, 0.6) is 0 Å². The zero-order valence-electron chi connectivity index (χ0n) is 12.7. The third kappa shape index (κ3) is 5.50. The van der Waals surface area contributed by atoms with Crippen molar-refractivity contribution < 1.29 is 17.6 Å². The minimum atomic E-state index is -3.18. The summed E-state index contributed by atoms with van der Waals surface area (Å²) >= 11 is 0. The van der Waals surface area contributed by atoms with E-state index >= 15 is 0 Å². The lowest BCUT2D eigenvalue weighted by Gasteiger charge is -2.36. The van der Waals surface area contributed by atoms with Gasteiger partial charge in [-0.2, -0.15) is 5.26 Å². The maximum atomic E-state index is 11.4. The lowest BCUT2D eigenvalue weighted by Crippen LogP contribution is -2.47. The van der Waals surface area contributed by atoms with Crippen LogP contribution in [-0.2, 0) is 19.2 Å². The molecule has 0 atom stereocenters. The highest BCUT2D eigenvalue weighted by atomic mass is 32.2. The molecule has 0 aromatic carbocycles. The Morgan fingerprint density at radius 2 is 1.80 bits per heavy atom. The van der Waals surface area contributed by atoms with Crippen LogP contribution >= 0.6 is 0 Å². The van der Waals surface area contributed by atoms with Gasteiger partial charge >= 0.3 is 0 Å². The van der Waals surface area contributed by atoms with Crippen molar-refractivity contribution in [3.8, 4) is 6.07 Å². The Bertz CT molecular complexity index is 459. The van der Waals surface area contributed by atoms with Gasteiger partial charge in [0.25, 0.3) is 0 Å². The van der Waals surface area contributed by atoms with Gasteiger partial charge in [0.1, 0.15) is 0 Å². The molecule has 0 aromatic rings. The van der Waals surface area contributed by atoms with Crippen molar-refractivity contribution in [3.05, 3.63) is 0 Å². The van der Waals surface area contributed by atoms with Gasteiger partial charge < -0.3 is 9.16 Å². The summed E-state index contributed by atoms with van der Waals surface area (Å²) in [7, 11) is -4.74. The lowest BCUT2D eigenvalue weighted by molar-refractivity contribution is -0.0439. The van der Waals surface area contributed by atoms with Gasteiger partial charge in [0.2, 0.25) is 10.0 Å². The Balaban J connectivity index is 2.46. The zero-order valence-corrected chi connectivity index (χ0v) is 14.5. The van der Waals surface area contributed by atoms with Crippen LogP contribution in [0.15, 0.2) is 0 Å². The molecule has 1 rings (SSSR count). The quantitative estimate of drug-likeness (QED) is 0.542. The number of sulfonamides is 1. The summed E-state index contributed by atoms with van der Waals surface area (Å²) in [5.41, 5.74) is -0.871. The SMILES string of the molecule is C[Si](C)(C)OCCOC1(C#N)CCN(S(C)(=O)=O)CC1. The summed E-state index contributed by atoms with van der Waals surface area (Å²) in [5.74, 6) is 0. The van der Waals surface area contributed by atoms with Crippen LogP contribution in [0.4, 0.5) is 0 Å². The van der Waals surface area contributed by atoms with E-state index in [1.165, 1.54) is 10.6 Å². The van der Waals surface area contributed by atoms with Gasteiger partial charge in [-0.15, -0.1) is 0 Å². The molecule has 0 amide bonds. The molecule has 6 nitrogen and oxygen atoms in total. The maximum Gasteiger partial charge on any atom is 0.211 e. The molecular weight excluding hydrogens is 296 g/mol. The number of nitriles is 1. The van der Waals surface area contributed by atoms with Crippen LogP contribution in [0, 0.1) is 11.3 Å². The summed E-state index contributed by atoms with van der Waals surface area (Å²) in [5, 5.41) is 9.31. The highest BCUT2D eigenvalue weighted by Crippen LogP contribution is 2.26. The van der Waals surface area contributed by atoms with Crippen LogP contribution in [0.2, 0.25) is 19.6 Å². The minimum absolute atomic E-state index is 0.335. The van der Waals surface area contributed by atoms with E-state index in [1.807, 2.05) is 0 Å². The Labute approximate surface area is 122 Å². The lowest BCUT2D eigenvalue weighted by atomic mass is 9.94. The largest absolute Gasteiger partial charge is 0.415 e. The average molecular weight is 320 g/mol. The van der Waals surface area contributed by atoms with E-state index in [0.29, 0.717) is 39.1 Å². The molecule has 0 aliphatic carbocycles. The minimum Gasteiger partial charge on any atom is -0.415 e. The number of nitrogens with zero attached hydrogens (tertiary/aromatic N) is 2. The van der Waals surface area contributed by atoms with Crippen molar-refractivity contribution in [2.75, 3.05) is 32.6 Å². The molecule has 20 heavy (non-hydrogen) atoms. The highest BCUT2D eigenvalue weighted by molar-refractivity contribution is 7.88. The number of hydrogen-bond donors (Lipinski definition) is 0. The Morgan fingerprint density at radius 3 is 2.20 bits per heavy atom. The molecule has 1 aliphatic heterocycles. The zero-order chi connectivity index (χ0) is 15.4. The molecule has 0 spiro atoms. The normalized spacial score (nSPS) is 20.6. The van der Waals surface area contributed by atoms with Crippen molar-refractivity contribution in [3.63, 3.8) is 0 Å². The Morgan fingerprint density at radius 1 is 1.25 bits per heavy atom. The van der Waals surface area contributed by atoms with Gasteiger partial charge in [-0.05, 0) is 19.6 Å². The summed E-state index contributed by atoms with van der Waals surface area (Å²) in [4.78, 5) is 0. The number of rotatable bonds is 6. The van der Waals surface area contributed by atoms with Crippen molar-refractivity contribution in [1.82, 2.24) is 4.31 Å². The van der Waals surface area contributed by atoms with E-state index in [0.717, 1.165) is 0 Å². The van der Waals surface area contributed by atoms with Crippen LogP contribution in [0.3, 0.4) is 0 Å². The van der Waals surface area contributed by atoms with Crippen molar-refractivity contribution in [1.29, 1.82) is 5.26 Å². The summed E-state index contributed by atoms with van der Waals surface area (Å²) in [6, 6.07) is 2.20. The van der Waals surface area contributed by atoms with Gasteiger partial charge in [0.05, 0.1) is 25.5 Å². The molecule has 1 heterocycles. The molecular formula is C12H24N2O4SSi. The topological polar surface area (TPSA) is 79.6 Å². The first-order chi connectivity index (χ1) is 9.08. The van der Waals surface area contributed by atoms with Crippen LogP contribution in [-0.4, -0.2) is 59.2 Å². The van der Waals surface area contributed by atoms with E-state index in [2.05, 4.69) is 25.7 Å². The summed E-state index contributed by atoms with van der Waals surface area (Å²) in [6.07, 6.45) is 2.00. The first kappa shape index (κ1) is 17.6. The van der Waals surface area contributed by atoms with Crippen LogP contribution in [0.25, 0.3) is 0 Å². The summed E-state index contributed by atoms with van der Waals surface area (Å²) in [6.45, 7) is 7.81. The van der Waals surface area contributed by atoms with Gasteiger partial charge in [-0.1, -0.05) is 0 Å². The summed E-state index contributed by atoms with van der Waals surface area (Å²) < 4.78 is 35.7. The van der Waals surface area contributed by atoms with Crippen LogP contribution in [0.1, 0.15) is 12.8 Å². The molecule has 0 N–H and O–H groups in total. The van der Waals surface area contributed by atoms with E-state index in [-0.39, 0.29) is 0 Å². The monoisotopic (exact) mass is 320 g/mol. The molecule has 0 radical (unpaired) electrons. The molecule has 0 aromatic heterocycles. The fraction of sp³-hybridized carbons (Fsp3) is 0.917. The van der Waals surface area contributed by atoms with Crippen molar-refractivity contribution in [2.24, 2.45) is 0 Å². The van der Waals surface area contributed by atoms with Crippen molar-refractivity contribution in [2.45, 2.75) is 38.1 Å². The van der Waals surface area contributed by atoms with E-state index in [9.17, 15) is 13.7 Å². The van der Waals surface area contributed by atoms with Crippen LogP contribution < -0.4 is 0 Å². The smallest absolute Gasteiger partial charge is 0.211 e. The van der Waals surface area contributed by atoms with E-state index < -0.39 is 23.9 Å². The highest BCUT2D eigenvalue weighted by Gasteiger charge is 2.38. The first-order valence-electron chi connectivity index (χ1n) is 6.72. The van der Waals surface area contributed by atoms with Gasteiger partial charge in [-0.25, -0.2) is 12.7 Å². The van der Waals surface area contributed by atoms with Crippen molar-refractivity contribution >= 4 is 18.3 Å². The molecule has 0 unspecified atom stereocenters. The van der Waals surface area contributed by atoms with E-state index in [4.69, 9.17) is 9.16 Å². The molecule has 1 fully saturated rings. The number of hydrogen-bond acceptors (Lipinski definition) is 5.